The van der Waals surface area contributed by atoms with Gasteiger partial charge in [-0.1, -0.05) is 40.2 Å². The Kier molecular flexibility index (Phi) is 9.40. The second-order valence-corrected chi connectivity index (χ2v) is 10.6. The predicted octanol–water partition coefficient (Wildman–Crippen LogP) is 6.28. The normalized spacial score (nSPS) is 18.0. The van der Waals surface area contributed by atoms with Crippen LogP contribution in [0, 0.1) is 5.41 Å². The number of nitrogens with zero attached hydrogens (tertiary/aromatic N) is 1. The molecule has 190 valence electrons. The zero-order chi connectivity index (χ0) is 24.3. The van der Waals surface area contributed by atoms with Crippen molar-refractivity contribution in [2.45, 2.75) is 39.2 Å². The Balaban J connectivity index is 0.00000342. The Morgan fingerprint density at radius 2 is 2.00 bits per heavy atom. The van der Waals surface area contributed by atoms with E-state index in [4.69, 9.17) is 9.47 Å². The maximum absolute atomic E-state index is 12.4. The van der Waals surface area contributed by atoms with Crippen LogP contribution in [0.3, 0.4) is 0 Å². The third-order valence-corrected chi connectivity index (χ3v) is 7.07. The van der Waals surface area contributed by atoms with Crippen molar-refractivity contribution in [2.75, 3.05) is 32.9 Å². The second-order valence-electron chi connectivity index (χ2n) is 9.66. The summed E-state index contributed by atoms with van der Waals surface area (Å²) in [6, 6.07) is 14.0. The van der Waals surface area contributed by atoms with Gasteiger partial charge in [-0.2, -0.15) is 0 Å². The van der Waals surface area contributed by atoms with Crippen LogP contribution in [-0.2, 0) is 11.2 Å². The zero-order valence-corrected chi connectivity index (χ0v) is 23.4. The Labute approximate surface area is 225 Å². The molecule has 4 rings (SSSR count). The van der Waals surface area contributed by atoms with Crippen LogP contribution in [-0.4, -0.2) is 55.0 Å². The van der Waals surface area contributed by atoms with Gasteiger partial charge >= 0.3 is 5.97 Å². The number of halogens is 3. The number of rotatable bonds is 9. The predicted molar refractivity (Wildman–Crippen MR) is 145 cm³/mol. The smallest absolute Gasteiger partial charge is 0.309 e. The summed E-state index contributed by atoms with van der Waals surface area (Å²) in [5.41, 5.74) is 3.18. The van der Waals surface area contributed by atoms with E-state index in [0.29, 0.717) is 19.4 Å². The molecule has 0 spiro atoms. The molecule has 0 aromatic heterocycles. The van der Waals surface area contributed by atoms with Crippen LogP contribution in [0.15, 0.2) is 46.9 Å². The van der Waals surface area contributed by atoms with Crippen LogP contribution < -0.4 is 9.47 Å². The Bertz CT molecular complexity index is 1070. The average Bonchev–Trinajstić information content (AvgIpc) is 3.25. The van der Waals surface area contributed by atoms with Gasteiger partial charge in [-0.15, -0.1) is 17.0 Å². The van der Waals surface area contributed by atoms with Crippen LogP contribution in [0.2, 0.25) is 0 Å². The number of carbonyl (C=O) groups is 1. The van der Waals surface area contributed by atoms with Gasteiger partial charge in [0.25, 0.3) is 0 Å². The van der Waals surface area contributed by atoms with Gasteiger partial charge in [0.1, 0.15) is 24.2 Å². The summed E-state index contributed by atoms with van der Waals surface area (Å²) in [7, 11) is 0. The van der Waals surface area contributed by atoms with Gasteiger partial charge in [0.2, 0.25) is 0 Å². The highest BCUT2D eigenvalue weighted by atomic mass is 79.9. The maximum Gasteiger partial charge on any atom is 0.309 e. The first-order valence-electron chi connectivity index (χ1n) is 11.7. The van der Waals surface area contributed by atoms with Gasteiger partial charge in [-0.05, 0) is 62.4 Å². The van der Waals surface area contributed by atoms with E-state index in [9.17, 15) is 14.3 Å². The molecule has 1 N–H and O–H groups in total. The van der Waals surface area contributed by atoms with Gasteiger partial charge < -0.3 is 14.6 Å². The molecule has 0 radical (unpaired) electrons. The molecule has 1 fully saturated rings. The summed E-state index contributed by atoms with van der Waals surface area (Å²) in [5.74, 6) is 0.773. The van der Waals surface area contributed by atoms with Crippen LogP contribution in [0.1, 0.15) is 43.4 Å². The summed E-state index contributed by atoms with van der Waals surface area (Å²) in [5, 5.41) is 9.45. The van der Waals surface area contributed by atoms with Crippen molar-refractivity contribution in [1.82, 2.24) is 4.90 Å². The molecule has 0 aliphatic carbocycles. The maximum atomic E-state index is 12.4. The molecule has 2 heterocycles. The molecule has 35 heavy (non-hydrogen) atoms. The molecule has 2 aliphatic heterocycles. The highest BCUT2D eigenvalue weighted by Gasteiger charge is 2.29. The minimum Gasteiger partial charge on any atom is -0.489 e. The zero-order valence-electron chi connectivity index (χ0n) is 20.1. The van der Waals surface area contributed by atoms with Crippen LogP contribution in [0.5, 0.6) is 11.5 Å². The summed E-state index contributed by atoms with van der Waals surface area (Å²) >= 11 is 3.68. The Morgan fingerprint density at radius 3 is 2.69 bits per heavy atom. The number of carboxylic acid groups (broad SMARTS) is 1. The van der Waals surface area contributed by atoms with Crippen molar-refractivity contribution in [3.63, 3.8) is 0 Å². The van der Waals surface area contributed by atoms with Crippen LogP contribution in [0.4, 0.5) is 4.39 Å². The quantitative estimate of drug-likeness (QED) is 0.361. The van der Waals surface area contributed by atoms with E-state index in [1.165, 1.54) is 0 Å². The number of likely N-dealkylation sites (tertiary alicyclic amines) is 1. The molecule has 2 aromatic rings. The molecule has 0 saturated carbocycles. The lowest BCUT2D eigenvalue weighted by molar-refractivity contribution is -0.146. The van der Waals surface area contributed by atoms with Gasteiger partial charge in [0.05, 0.1) is 12.1 Å². The molecule has 2 aliphatic rings. The molecule has 0 bridgehead atoms. The number of ether oxygens (including phenoxy) is 2. The topological polar surface area (TPSA) is 59.0 Å². The number of hydrogen-bond acceptors (Lipinski definition) is 4. The lowest BCUT2D eigenvalue weighted by Gasteiger charge is -2.24. The van der Waals surface area contributed by atoms with E-state index in [2.05, 4.69) is 33.0 Å². The molecule has 1 saturated heterocycles. The van der Waals surface area contributed by atoms with Crippen LogP contribution >= 0.6 is 32.9 Å². The Hall–Kier alpha value is -1.90. The lowest BCUT2D eigenvalue weighted by atomic mass is 9.85. The summed E-state index contributed by atoms with van der Waals surface area (Å²) in [6.07, 6.45) is 2.09. The second kappa shape index (κ2) is 11.9. The van der Waals surface area contributed by atoms with E-state index in [1.54, 1.807) is 13.8 Å². The van der Waals surface area contributed by atoms with E-state index in [0.717, 1.165) is 64.3 Å². The van der Waals surface area contributed by atoms with Gasteiger partial charge in [-0.3, -0.25) is 14.1 Å². The number of hydrogen-bond donors (Lipinski definition) is 1. The minimum absolute atomic E-state index is 0. The van der Waals surface area contributed by atoms with Gasteiger partial charge in [0, 0.05) is 35.3 Å². The fourth-order valence-electron chi connectivity index (χ4n) is 4.53. The molecule has 2 aromatic carbocycles. The number of benzene rings is 2. The molecule has 0 amide bonds. The number of alkyl halides is 1. The highest BCUT2D eigenvalue weighted by Crippen LogP contribution is 2.41. The van der Waals surface area contributed by atoms with Crippen LogP contribution in [0.25, 0.3) is 5.57 Å². The molecule has 5 nitrogen and oxygen atoms in total. The van der Waals surface area contributed by atoms with Crippen molar-refractivity contribution in [1.29, 1.82) is 0 Å². The number of carboxylic acids is 1. The first-order valence-corrected chi connectivity index (χ1v) is 12.5. The van der Waals surface area contributed by atoms with Crippen molar-refractivity contribution < 1.29 is 23.8 Å². The number of aliphatic carboxylic acids is 1. The standard InChI is InChI=1S/C27H31BrFNO4.BrH/c1-27(2,26(31)32)15-18-4-9-22-24(14-18)33-17-23(28)25(22)19-5-7-20(8-6-19)34-21-10-13-30(16-21)12-3-11-29;/h4-9,14,21H,3,10-13,15-17H2,1-2H3,(H,31,32);1H/t21-;/m0./s1. The van der Waals surface area contributed by atoms with Crippen molar-refractivity contribution >= 4 is 44.5 Å². The monoisotopic (exact) mass is 611 g/mol. The average molecular weight is 613 g/mol. The fraction of sp³-hybridized carbons (Fsp3) is 0.444. The Morgan fingerprint density at radius 1 is 1.26 bits per heavy atom. The first-order chi connectivity index (χ1) is 16.3. The third-order valence-electron chi connectivity index (χ3n) is 6.45. The van der Waals surface area contributed by atoms with Crippen molar-refractivity contribution in [3.05, 3.63) is 63.6 Å². The van der Waals surface area contributed by atoms with Crippen molar-refractivity contribution in [3.8, 4) is 11.5 Å². The van der Waals surface area contributed by atoms with E-state index >= 15 is 0 Å². The molecule has 1 atom stereocenters. The molecular formula is C27H32Br2FNO4. The third kappa shape index (κ3) is 6.66. The first kappa shape index (κ1) is 27.7. The fourth-order valence-corrected chi connectivity index (χ4v) is 5.09. The SMILES string of the molecule is Br.CC(C)(Cc1ccc2c(c1)OCC(Br)=C2c1ccc(O[C@H]2CCN(CCCF)C2)cc1)C(=O)O. The number of fused-ring (bicyclic) bond motifs is 1. The lowest BCUT2D eigenvalue weighted by Crippen LogP contribution is -2.26. The molecule has 8 heteroatoms. The summed E-state index contributed by atoms with van der Waals surface area (Å²) in [4.78, 5) is 13.8. The summed E-state index contributed by atoms with van der Waals surface area (Å²) < 4.78 is 25.5. The minimum atomic E-state index is -0.846. The van der Waals surface area contributed by atoms with E-state index in [1.807, 2.05) is 30.3 Å². The molecule has 0 unspecified atom stereocenters. The summed E-state index contributed by atoms with van der Waals surface area (Å²) in [6.45, 7) is 6.18. The van der Waals surface area contributed by atoms with E-state index < -0.39 is 11.4 Å². The van der Waals surface area contributed by atoms with E-state index in [-0.39, 0.29) is 29.8 Å². The molecular weight excluding hydrogens is 581 g/mol. The van der Waals surface area contributed by atoms with Gasteiger partial charge in [0.15, 0.2) is 0 Å². The van der Waals surface area contributed by atoms with Crippen molar-refractivity contribution in [2.24, 2.45) is 5.41 Å². The largest absolute Gasteiger partial charge is 0.489 e. The van der Waals surface area contributed by atoms with Gasteiger partial charge in [-0.25, -0.2) is 0 Å². The highest BCUT2D eigenvalue weighted by molar-refractivity contribution is 9.11.